The first kappa shape index (κ1) is 18.3. The molecule has 1 heterocycles. The van der Waals surface area contributed by atoms with Gasteiger partial charge in [-0.25, -0.2) is 4.98 Å². The minimum atomic E-state index is -0.0770. The van der Waals surface area contributed by atoms with Gasteiger partial charge in [0.2, 0.25) is 0 Å². The maximum atomic E-state index is 12.7. The molecule has 0 fully saturated rings. The van der Waals surface area contributed by atoms with Crippen LogP contribution in [-0.4, -0.2) is 29.9 Å². The third kappa shape index (κ3) is 4.56. The van der Waals surface area contributed by atoms with Crippen LogP contribution in [0.5, 0.6) is 0 Å². The Morgan fingerprint density at radius 3 is 2.35 bits per heavy atom. The van der Waals surface area contributed by atoms with Gasteiger partial charge < -0.3 is 10.2 Å². The summed E-state index contributed by atoms with van der Waals surface area (Å²) in [7, 11) is 4.10. The van der Waals surface area contributed by atoms with E-state index in [0.29, 0.717) is 11.4 Å². The molecule has 0 atom stereocenters. The highest BCUT2D eigenvalue weighted by Crippen LogP contribution is 2.27. The summed E-state index contributed by atoms with van der Waals surface area (Å²) in [5, 5.41) is 3.91. The Morgan fingerprint density at radius 2 is 1.69 bits per heavy atom. The molecule has 3 aromatic rings. The lowest BCUT2D eigenvalue weighted by molar-refractivity contribution is 0.0955. The zero-order valence-electron chi connectivity index (χ0n) is 15.3. The van der Waals surface area contributed by atoms with E-state index in [1.807, 2.05) is 37.3 Å². The molecular weight excluding hydrogens is 342 g/mol. The van der Waals surface area contributed by atoms with E-state index < -0.39 is 0 Å². The molecule has 0 bridgehead atoms. The van der Waals surface area contributed by atoms with Crippen molar-refractivity contribution in [1.82, 2.24) is 15.2 Å². The van der Waals surface area contributed by atoms with Gasteiger partial charge in [-0.05, 0) is 32.1 Å². The Labute approximate surface area is 158 Å². The van der Waals surface area contributed by atoms with Gasteiger partial charge in [0.1, 0.15) is 4.88 Å². The van der Waals surface area contributed by atoms with Crippen LogP contribution in [0, 0.1) is 6.92 Å². The van der Waals surface area contributed by atoms with Crippen LogP contribution in [0.1, 0.15) is 25.8 Å². The number of amides is 1. The van der Waals surface area contributed by atoms with Crippen LogP contribution in [0.4, 0.5) is 0 Å². The first-order valence-corrected chi connectivity index (χ1v) is 9.38. The predicted octanol–water partition coefficient (Wildman–Crippen LogP) is 4.11. The second kappa shape index (κ2) is 8.25. The molecule has 0 radical (unpaired) electrons. The fourth-order valence-electron chi connectivity index (χ4n) is 2.76. The number of thiazole rings is 1. The van der Waals surface area contributed by atoms with Gasteiger partial charge in [-0.2, -0.15) is 0 Å². The molecule has 0 aliphatic heterocycles. The molecule has 1 aromatic heterocycles. The number of hydrogen-bond acceptors (Lipinski definition) is 4. The number of benzene rings is 2. The van der Waals surface area contributed by atoms with Crippen LogP contribution in [0.2, 0.25) is 0 Å². The van der Waals surface area contributed by atoms with Crippen LogP contribution in [0.25, 0.3) is 11.3 Å². The lowest BCUT2D eigenvalue weighted by atomic mass is 10.1. The Kier molecular flexibility index (Phi) is 5.81. The van der Waals surface area contributed by atoms with Crippen LogP contribution >= 0.6 is 11.3 Å². The van der Waals surface area contributed by atoms with Gasteiger partial charge in [-0.1, -0.05) is 54.6 Å². The third-order valence-corrected chi connectivity index (χ3v) is 4.93. The number of aromatic nitrogens is 1. The second-order valence-electron chi connectivity index (χ2n) is 6.51. The zero-order valence-corrected chi connectivity index (χ0v) is 16.1. The SMILES string of the molecule is Cc1nc(-c2ccccc2)c(C(=O)NCc2ccc(CN(C)C)cc2)s1. The van der Waals surface area contributed by atoms with Crippen molar-refractivity contribution in [3.05, 3.63) is 75.6 Å². The maximum absolute atomic E-state index is 12.7. The maximum Gasteiger partial charge on any atom is 0.263 e. The molecule has 5 heteroatoms. The van der Waals surface area contributed by atoms with Crippen molar-refractivity contribution in [2.45, 2.75) is 20.0 Å². The van der Waals surface area contributed by atoms with Crippen LogP contribution in [0.15, 0.2) is 54.6 Å². The van der Waals surface area contributed by atoms with Gasteiger partial charge in [0.25, 0.3) is 5.91 Å². The van der Waals surface area contributed by atoms with Crippen molar-refractivity contribution < 1.29 is 4.79 Å². The molecule has 0 saturated heterocycles. The molecule has 0 aliphatic rings. The van der Waals surface area contributed by atoms with Crippen molar-refractivity contribution >= 4 is 17.2 Å². The molecule has 4 nitrogen and oxygen atoms in total. The molecular formula is C21H23N3OS. The molecule has 0 aliphatic carbocycles. The lowest BCUT2D eigenvalue weighted by Gasteiger charge is -2.10. The Hall–Kier alpha value is -2.50. The topological polar surface area (TPSA) is 45.2 Å². The summed E-state index contributed by atoms with van der Waals surface area (Å²) >= 11 is 1.43. The van der Waals surface area contributed by atoms with Gasteiger partial charge in [0.05, 0.1) is 10.7 Å². The van der Waals surface area contributed by atoms with Crippen molar-refractivity contribution in [1.29, 1.82) is 0 Å². The minimum absolute atomic E-state index is 0.0770. The third-order valence-electron chi connectivity index (χ3n) is 3.96. The van der Waals surface area contributed by atoms with Crippen LogP contribution in [0.3, 0.4) is 0 Å². The van der Waals surface area contributed by atoms with Gasteiger partial charge in [0, 0.05) is 18.7 Å². The van der Waals surface area contributed by atoms with Gasteiger partial charge in [-0.15, -0.1) is 11.3 Å². The average Bonchev–Trinajstić information content (AvgIpc) is 3.03. The lowest BCUT2D eigenvalue weighted by Crippen LogP contribution is -2.22. The highest BCUT2D eigenvalue weighted by atomic mass is 32.1. The normalized spacial score (nSPS) is 10.9. The number of carbonyl (C=O) groups excluding carboxylic acids is 1. The monoisotopic (exact) mass is 365 g/mol. The number of carbonyl (C=O) groups is 1. The fraction of sp³-hybridized carbons (Fsp3) is 0.238. The molecule has 26 heavy (non-hydrogen) atoms. The van der Waals surface area contributed by atoms with E-state index in [0.717, 1.165) is 28.4 Å². The highest BCUT2D eigenvalue weighted by molar-refractivity contribution is 7.14. The van der Waals surface area contributed by atoms with Gasteiger partial charge in [0.15, 0.2) is 0 Å². The average molecular weight is 366 g/mol. The molecule has 0 spiro atoms. The Bertz CT molecular complexity index is 870. The van der Waals surface area contributed by atoms with Crippen molar-refractivity contribution in [3.63, 3.8) is 0 Å². The number of aryl methyl sites for hydroxylation is 1. The molecule has 0 saturated carbocycles. The van der Waals surface area contributed by atoms with Crippen molar-refractivity contribution in [2.75, 3.05) is 14.1 Å². The largest absolute Gasteiger partial charge is 0.347 e. The standard InChI is InChI=1S/C21H23N3OS/c1-15-23-19(18-7-5-4-6-8-18)20(26-15)21(25)22-13-16-9-11-17(12-10-16)14-24(2)3/h4-12H,13-14H2,1-3H3,(H,22,25). The number of hydrogen-bond donors (Lipinski definition) is 1. The van der Waals surface area contributed by atoms with E-state index >= 15 is 0 Å². The second-order valence-corrected chi connectivity index (χ2v) is 7.72. The molecule has 2 aromatic carbocycles. The summed E-state index contributed by atoms with van der Waals surface area (Å²) in [5.41, 5.74) is 4.07. The summed E-state index contributed by atoms with van der Waals surface area (Å²) in [6.07, 6.45) is 0. The van der Waals surface area contributed by atoms with E-state index in [2.05, 4.69) is 53.6 Å². The minimum Gasteiger partial charge on any atom is -0.347 e. The van der Waals surface area contributed by atoms with Crippen molar-refractivity contribution in [3.8, 4) is 11.3 Å². The number of rotatable bonds is 6. The summed E-state index contributed by atoms with van der Waals surface area (Å²) < 4.78 is 0. The summed E-state index contributed by atoms with van der Waals surface area (Å²) in [4.78, 5) is 20.0. The van der Waals surface area contributed by atoms with Gasteiger partial charge >= 0.3 is 0 Å². The number of nitrogens with zero attached hydrogens (tertiary/aromatic N) is 2. The van der Waals surface area contributed by atoms with Crippen molar-refractivity contribution in [2.24, 2.45) is 0 Å². The predicted molar refractivity (Wildman–Crippen MR) is 107 cm³/mol. The number of nitrogens with one attached hydrogen (secondary N) is 1. The smallest absolute Gasteiger partial charge is 0.263 e. The van der Waals surface area contributed by atoms with Gasteiger partial charge in [-0.3, -0.25) is 4.79 Å². The van der Waals surface area contributed by atoms with E-state index in [9.17, 15) is 4.79 Å². The highest BCUT2D eigenvalue weighted by Gasteiger charge is 2.17. The molecule has 134 valence electrons. The van der Waals surface area contributed by atoms with E-state index in [1.54, 1.807) is 0 Å². The molecule has 1 N–H and O–H groups in total. The first-order chi connectivity index (χ1) is 12.5. The molecule has 0 unspecified atom stereocenters. The quantitative estimate of drug-likeness (QED) is 0.715. The van der Waals surface area contributed by atoms with E-state index in [1.165, 1.54) is 16.9 Å². The fourth-order valence-corrected chi connectivity index (χ4v) is 3.62. The zero-order chi connectivity index (χ0) is 18.5. The first-order valence-electron chi connectivity index (χ1n) is 8.56. The van der Waals surface area contributed by atoms with E-state index in [-0.39, 0.29) is 5.91 Å². The Balaban J connectivity index is 1.69. The molecule has 1 amide bonds. The Morgan fingerprint density at radius 1 is 1.04 bits per heavy atom. The van der Waals surface area contributed by atoms with E-state index in [4.69, 9.17) is 0 Å². The summed E-state index contributed by atoms with van der Waals surface area (Å²) in [6, 6.07) is 18.2. The molecule has 3 rings (SSSR count). The summed E-state index contributed by atoms with van der Waals surface area (Å²) in [5.74, 6) is -0.0770. The summed E-state index contributed by atoms with van der Waals surface area (Å²) in [6.45, 7) is 3.34. The van der Waals surface area contributed by atoms with Crippen LogP contribution < -0.4 is 5.32 Å². The van der Waals surface area contributed by atoms with Crippen LogP contribution in [-0.2, 0) is 13.1 Å².